The van der Waals surface area contributed by atoms with Crippen molar-refractivity contribution in [2.45, 2.75) is 125 Å². The Kier molecular flexibility index (Phi) is 8.25. The predicted molar refractivity (Wildman–Crippen MR) is 219 cm³/mol. The highest BCUT2D eigenvalue weighted by Gasteiger charge is 2.70. The highest BCUT2D eigenvalue weighted by molar-refractivity contribution is 5.81. The third-order valence-electron chi connectivity index (χ3n) is 16.8. The van der Waals surface area contributed by atoms with Gasteiger partial charge in [0.25, 0.3) is 0 Å². The average molecular weight is 740 g/mol. The number of aromatic amines is 1. The number of benzene rings is 2. The fraction of sp³-hybridized carbons (Fsp3) is 0.562. The van der Waals surface area contributed by atoms with Gasteiger partial charge in [0, 0.05) is 28.4 Å². The monoisotopic (exact) mass is 739 g/mol. The van der Waals surface area contributed by atoms with Crippen molar-refractivity contribution in [3.63, 3.8) is 0 Å². The van der Waals surface area contributed by atoms with E-state index in [4.69, 9.17) is 15.6 Å². The van der Waals surface area contributed by atoms with Gasteiger partial charge in [-0.2, -0.15) is 10.2 Å². The molecular formula is C48H61N5O2. The summed E-state index contributed by atoms with van der Waals surface area (Å²) < 4.78 is 8.52. The van der Waals surface area contributed by atoms with Gasteiger partial charge in [-0.25, -0.2) is 0 Å². The summed E-state index contributed by atoms with van der Waals surface area (Å²) in [5.41, 5.74) is 15.1. The highest BCUT2D eigenvalue weighted by atomic mass is 16.5. The van der Waals surface area contributed by atoms with Crippen LogP contribution in [0.3, 0.4) is 0 Å². The van der Waals surface area contributed by atoms with Crippen LogP contribution in [0, 0.1) is 44.8 Å². The number of nitrogens with one attached hydrogen (secondary N) is 1. The first kappa shape index (κ1) is 36.5. The Hall–Kier alpha value is -4.13. The van der Waals surface area contributed by atoms with Crippen molar-refractivity contribution < 1.29 is 9.53 Å². The van der Waals surface area contributed by atoms with E-state index in [1.54, 1.807) is 5.57 Å². The number of carbonyl (C=O) groups excluding carboxylic acids is 1. The third kappa shape index (κ3) is 5.37. The number of nitrogen functional groups attached to an aromatic ring is 1. The number of allylic oxidation sites excluding steroid dienone is 2. The summed E-state index contributed by atoms with van der Waals surface area (Å²) >= 11 is 0. The summed E-state index contributed by atoms with van der Waals surface area (Å²) in [7, 11) is 0. The molecule has 2 aromatic heterocycles. The first-order valence-electron chi connectivity index (χ1n) is 21.0. The molecule has 5 aliphatic rings. The van der Waals surface area contributed by atoms with E-state index in [0.29, 0.717) is 24.3 Å². The van der Waals surface area contributed by atoms with Crippen LogP contribution in [-0.4, -0.2) is 25.9 Å². The van der Waals surface area contributed by atoms with Gasteiger partial charge in [-0.3, -0.25) is 14.6 Å². The Bertz CT molecular complexity index is 2150. The van der Waals surface area contributed by atoms with Crippen molar-refractivity contribution in [1.29, 1.82) is 0 Å². The summed E-state index contributed by atoms with van der Waals surface area (Å²) in [5, 5.41) is 13.0. The van der Waals surface area contributed by atoms with Gasteiger partial charge in [0.05, 0.1) is 18.2 Å². The number of ether oxygens (including phenoxy) is 1. The van der Waals surface area contributed by atoms with Crippen molar-refractivity contribution in [3.8, 4) is 0 Å². The number of nitrogens with two attached hydrogens (primary N) is 1. The molecule has 7 nitrogen and oxygen atoms in total. The summed E-state index contributed by atoms with van der Waals surface area (Å²) in [4.78, 5) is 14.9. The number of aromatic nitrogens is 4. The maximum Gasteiger partial charge on any atom is 0.313 e. The second-order valence-electron chi connectivity index (χ2n) is 20.4. The molecule has 55 heavy (non-hydrogen) atoms. The zero-order chi connectivity index (χ0) is 38.6. The molecule has 9 rings (SSSR count). The Balaban J connectivity index is 1.21. The second-order valence-corrected chi connectivity index (χ2v) is 20.4. The van der Waals surface area contributed by atoms with Crippen LogP contribution in [0.25, 0.3) is 5.57 Å². The van der Waals surface area contributed by atoms with E-state index in [0.717, 1.165) is 57.1 Å². The lowest BCUT2D eigenvalue weighted by atomic mass is 9.33. The molecule has 0 saturated heterocycles. The molecule has 2 aromatic carbocycles. The molecule has 3 fully saturated rings. The molecule has 0 aliphatic heterocycles. The normalized spacial score (nSPS) is 34.4. The zero-order valence-electron chi connectivity index (χ0n) is 34.2. The quantitative estimate of drug-likeness (QED) is 0.192. The van der Waals surface area contributed by atoms with Crippen LogP contribution in [0.1, 0.15) is 128 Å². The van der Waals surface area contributed by atoms with E-state index in [1.807, 2.05) is 18.2 Å². The topological polar surface area (TPSA) is 98.8 Å². The first-order chi connectivity index (χ1) is 26.1. The third-order valence-corrected chi connectivity index (χ3v) is 16.8. The number of anilines is 1. The molecule has 2 heterocycles. The van der Waals surface area contributed by atoms with Crippen LogP contribution in [-0.2, 0) is 34.5 Å². The Morgan fingerprint density at radius 1 is 0.891 bits per heavy atom. The molecule has 3 N–H and O–H groups in total. The number of hydrogen-bond acceptors (Lipinski definition) is 5. The van der Waals surface area contributed by atoms with E-state index in [-0.39, 0.29) is 39.0 Å². The minimum absolute atomic E-state index is 0.00506. The lowest BCUT2D eigenvalue weighted by Gasteiger charge is -2.71. The van der Waals surface area contributed by atoms with Gasteiger partial charge < -0.3 is 10.5 Å². The maximum absolute atomic E-state index is 14.9. The number of fused-ring (bicyclic) bond motifs is 8. The van der Waals surface area contributed by atoms with Gasteiger partial charge in [-0.1, -0.05) is 115 Å². The lowest BCUT2D eigenvalue weighted by molar-refractivity contribution is -0.181. The van der Waals surface area contributed by atoms with Crippen molar-refractivity contribution in [3.05, 3.63) is 107 Å². The number of esters is 1. The SMILES string of the molecule is CC1(C)CC[C@]2(C(=O)OCc3ccccc3)CC[C@]3(C)C(=C(c4cnn(Cc5ccccc5)c4)CC4[C@@]5(C)Cc6c(N)n[nH]c6C(C)(C)[C@@H]5CC[C@]43C)[C@@H]2C1. The highest BCUT2D eigenvalue weighted by Crippen LogP contribution is 2.77. The molecule has 290 valence electrons. The van der Waals surface area contributed by atoms with Crippen molar-refractivity contribution in [1.82, 2.24) is 20.0 Å². The predicted octanol–water partition coefficient (Wildman–Crippen LogP) is 10.3. The van der Waals surface area contributed by atoms with Crippen LogP contribution in [0.4, 0.5) is 5.82 Å². The van der Waals surface area contributed by atoms with Gasteiger partial charge in [0.15, 0.2) is 0 Å². The van der Waals surface area contributed by atoms with Crippen molar-refractivity contribution in [2.24, 2.45) is 44.8 Å². The molecule has 0 amide bonds. The molecule has 1 unspecified atom stereocenters. The largest absolute Gasteiger partial charge is 0.460 e. The Labute approximate surface area is 327 Å². The first-order valence-corrected chi connectivity index (χ1v) is 21.0. The van der Waals surface area contributed by atoms with Gasteiger partial charge in [-0.15, -0.1) is 0 Å². The van der Waals surface area contributed by atoms with Crippen LogP contribution in [0.15, 0.2) is 78.6 Å². The van der Waals surface area contributed by atoms with E-state index in [9.17, 15) is 4.79 Å². The summed E-state index contributed by atoms with van der Waals surface area (Å²) in [5.74, 6) is 1.67. The van der Waals surface area contributed by atoms with Crippen molar-refractivity contribution in [2.75, 3.05) is 5.73 Å². The smallest absolute Gasteiger partial charge is 0.313 e. The molecule has 4 aromatic rings. The minimum atomic E-state index is -0.540. The van der Waals surface area contributed by atoms with E-state index < -0.39 is 5.41 Å². The van der Waals surface area contributed by atoms with Gasteiger partial charge in [0.1, 0.15) is 12.4 Å². The van der Waals surface area contributed by atoms with E-state index >= 15 is 0 Å². The summed E-state index contributed by atoms with van der Waals surface area (Å²) in [6.07, 6.45) is 13.4. The van der Waals surface area contributed by atoms with Crippen LogP contribution in [0.5, 0.6) is 0 Å². The molecule has 0 bridgehead atoms. The second kappa shape index (κ2) is 12.4. The zero-order valence-corrected chi connectivity index (χ0v) is 34.2. The Morgan fingerprint density at radius 3 is 2.31 bits per heavy atom. The van der Waals surface area contributed by atoms with Gasteiger partial charge in [-0.05, 0) is 114 Å². The van der Waals surface area contributed by atoms with Crippen LogP contribution >= 0.6 is 0 Å². The average Bonchev–Trinajstić information content (AvgIpc) is 3.77. The van der Waals surface area contributed by atoms with Gasteiger partial charge >= 0.3 is 5.97 Å². The fourth-order valence-corrected chi connectivity index (χ4v) is 13.7. The minimum Gasteiger partial charge on any atom is -0.460 e. The van der Waals surface area contributed by atoms with E-state index in [2.05, 4.69) is 118 Å². The number of rotatable bonds is 6. The number of nitrogens with zero attached hydrogens (tertiary/aromatic N) is 3. The fourth-order valence-electron chi connectivity index (χ4n) is 13.7. The number of hydrogen-bond donors (Lipinski definition) is 2. The summed E-state index contributed by atoms with van der Waals surface area (Å²) in [6.45, 7) is 18.6. The standard InChI is InChI=1S/C48H61N5O2/c1-43(2)20-22-48(42(54)55-30-32-16-12-9-13-17-32)23-21-47(7)39(36(48)26-43)34(33-27-50-53(29-33)28-31-14-10-8-11-15-31)24-38-45(5)25-35-40(51-52-41(35)49)44(3,4)37(45)18-19-46(38,47)6/h8-17,27,29,36-38H,18-26,28,30H2,1-7H3,(H3,49,51,52)/t36-,37-,38?,45-,46+,47+,48-/m0/s1. The van der Waals surface area contributed by atoms with E-state index in [1.165, 1.54) is 40.8 Å². The molecule has 0 radical (unpaired) electrons. The molecule has 3 saturated carbocycles. The van der Waals surface area contributed by atoms with Crippen LogP contribution < -0.4 is 5.73 Å². The lowest BCUT2D eigenvalue weighted by Crippen LogP contribution is -2.65. The summed E-state index contributed by atoms with van der Waals surface area (Å²) in [6, 6.07) is 20.8. The molecule has 0 spiro atoms. The van der Waals surface area contributed by atoms with Gasteiger partial charge in [0.2, 0.25) is 0 Å². The molecule has 7 heteroatoms. The maximum atomic E-state index is 14.9. The van der Waals surface area contributed by atoms with Crippen molar-refractivity contribution >= 4 is 17.4 Å². The molecule has 7 atom stereocenters. The Morgan fingerprint density at radius 2 is 1.58 bits per heavy atom. The van der Waals surface area contributed by atoms with Crippen LogP contribution in [0.2, 0.25) is 0 Å². The number of carbonyl (C=O) groups is 1. The molecule has 5 aliphatic carbocycles. The molecular weight excluding hydrogens is 679 g/mol. The number of H-pyrrole nitrogens is 1.